The van der Waals surface area contributed by atoms with Crippen LogP contribution in [0.5, 0.6) is 0 Å². The summed E-state index contributed by atoms with van der Waals surface area (Å²) in [6.45, 7) is 0.191. The van der Waals surface area contributed by atoms with E-state index in [9.17, 15) is 9.59 Å². The standard InChI is InChI=1S/C11H16N4O2/c12-5-6-15-9(16)11(14-10(15)17)4-2-1-3-8(11)7-13/h8H,1-4,6-7,13H2,(H,14,17). The van der Waals surface area contributed by atoms with Crippen LogP contribution < -0.4 is 11.1 Å². The number of nitriles is 1. The number of amides is 3. The van der Waals surface area contributed by atoms with E-state index in [0.29, 0.717) is 13.0 Å². The average Bonchev–Trinajstić information content (AvgIpc) is 2.56. The normalized spacial score (nSPS) is 32.7. The van der Waals surface area contributed by atoms with E-state index in [1.807, 2.05) is 6.07 Å². The van der Waals surface area contributed by atoms with Crippen LogP contribution in [0.1, 0.15) is 25.7 Å². The van der Waals surface area contributed by atoms with Gasteiger partial charge in [0.05, 0.1) is 6.07 Å². The highest BCUT2D eigenvalue weighted by Gasteiger charge is 2.55. The molecule has 0 aromatic rings. The number of hydrogen-bond donors (Lipinski definition) is 2. The second-order valence-corrected chi connectivity index (χ2v) is 4.63. The number of nitrogens with two attached hydrogens (primary N) is 1. The van der Waals surface area contributed by atoms with Crippen molar-refractivity contribution in [3.63, 3.8) is 0 Å². The van der Waals surface area contributed by atoms with Gasteiger partial charge >= 0.3 is 6.03 Å². The van der Waals surface area contributed by atoms with E-state index in [-0.39, 0.29) is 18.4 Å². The molecular formula is C11H16N4O2. The lowest BCUT2D eigenvalue weighted by atomic mass is 9.72. The Balaban J connectivity index is 2.29. The van der Waals surface area contributed by atoms with Crippen LogP contribution in [0.15, 0.2) is 0 Å². The minimum atomic E-state index is -0.846. The van der Waals surface area contributed by atoms with E-state index in [0.717, 1.165) is 24.2 Å². The van der Waals surface area contributed by atoms with Gasteiger partial charge in [0.25, 0.3) is 5.91 Å². The predicted molar refractivity (Wildman–Crippen MR) is 59.6 cm³/mol. The summed E-state index contributed by atoms with van der Waals surface area (Å²) in [4.78, 5) is 25.0. The zero-order chi connectivity index (χ0) is 12.5. The quantitative estimate of drug-likeness (QED) is 0.518. The van der Waals surface area contributed by atoms with Gasteiger partial charge in [0, 0.05) is 5.92 Å². The van der Waals surface area contributed by atoms with Crippen molar-refractivity contribution in [2.24, 2.45) is 11.7 Å². The molecule has 2 aliphatic rings. The van der Waals surface area contributed by atoms with Crippen LogP contribution in [0.4, 0.5) is 4.79 Å². The van der Waals surface area contributed by atoms with Crippen molar-refractivity contribution in [2.45, 2.75) is 31.2 Å². The summed E-state index contributed by atoms with van der Waals surface area (Å²) in [5.41, 5.74) is 4.85. The highest BCUT2D eigenvalue weighted by Crippen LogP contribution is 2.37. The lowest BCUT2D eigenvalue weighted by Gasteiger charge is -2.38. The molecule has 1 heterocycles. The molecular weight excluding hydrogens is 220 g/mol. The Kier molecular flexibility index (Phi) is 3.03. The third kappa shape index (κ3) is 1.67. The number of carbonyl (C=O) groups is 2. The molecule has 1 aliphatic carbocycles. The first-order chi connectivity index (χ1) is 8.15. The number of rotatable bonds is 2. The van der Waals surface area contributed by atoms with E-state index in [1.165, 1.54) is 0 Å². The predicted octanol–water partition coefficient (Wildman–Crippen LogP) is -0.0505. The van der Waals surface area contributed by atoms with Gasteiger partial charge in [-0.3, -0.25) is 4.79 Å². The van der Waals surface area contributed by atoms with Crippen molar-refractivity contribution in [1.29, 1.82) is 5.26 Å². The minimum Gasteiger partial charge on any atom is -0.330 e. The maximum atomic E-state index is 12.3. The van der Waals surface area contributed by atoms with Crippen molar-refractivity contribution < 1.29 is 9.59 Å². The number of nitrogens with one attached hydrogen (secondary N) is 1. The first kappa shape index (κ1) is 11.9. The molecule has 2 fully saturated rings. The van der Waals surface area contributed by atoms with Gasteiger partial charge < -0.3 is 11.1 Å². The van der Waals surface area contributed by atoms with Crippen LogP contribution in [-0.2, 0) is 4.79 Å². The van der Waals surface area contributed by atoms with Crippen LogP contribution in [-0.4, -0.2) is 35.5 Å². The summed E-state index contributed by atoms with van der Waals surface area (Å²) in [6, 6.07) is 1.38. The first-order valence-corrected chi connectivity index (χ1v) is 5.87. The van der Waals surface area contributed by atoms with Crippen molar-refractivity contribution in [1.82, 2.24) is 10.2 Å². The van der Waals surface area contributed by atoms with Gasteiger partial charge in [-0.1, -0.05) is 12.8 Å². The monoisotopic (exact) mass is 236 g/mol. The molecule has 0 aromatic carbocycles. The highest BCUT2D eigenvalue weighted by molar-refractivity contribution is 6.07. The van der Waals surface area contributed by atoms with E-state index in [4.69, 9.17) is 11.0 Å². The van der Waals surface area contributed by atoms with Crippen LogP contribution in [0.3, 0.4) is 0 Å². The van der Waals surface area contributed by atoms with Gasteiger partial charge in [-0.2, -0.15) is 5.26 Å². The second-order valence-electron chi connectivity index (χ2n) is 4.63. The summed E-state index contributed by atoms with van der Waals surface area (Å²) in [5, 5.41) is 11.4. The Bertz CT molecular complexity index is 389. The molecule has 2 atom stereocenters. The van der Waals surface area contributed by atoms with Gasteiger partial charge in [0.1, 0.15) is 12.1 Å². The summed E-state index contributed by atoms with van der Waals surface area (Å²) >= 11 is 0. The fourth-order valence-electron chi connectivity index (χ4n) is 2.87. The fraction of sp³-hybridized carbons (Fsp3) is 0.727. The van der Waals surface area contributed by atoms with Gasteiger partial charge in [0.2, 0.25) is 0 Å². The van der Waals surface area contributed by atoms with E-state index in [1.54, 1.807) is 0 Å². The fourth-order valence-corrected chi connectivity index (χ4v) is 2.87. The average molecular weight is 236 g/mol. The Morgan fingerprint density at radius 1 is 1.53 bits per heavy atom. The maximum absolute atomic E-state index is 12.3. The van der Waals surface area contributed by atoms with Gasteiger partial charge in [0.15, 0.2) is 0 Å². The van der Waals surface area contributed by atoms with E-state index >= 15 is 0 Å². The Morgan fingerprint density at radius 2 is 2.29 bits per heavy atom. The lowest BCUT2D eigenvalue weighted by Crippen LogP contribution is -2.57. The third-order valence-electron chi connectivity index (χ3n) is 3.79. The molecule has 6 nitrogen and oxygen atoms in total. The van der Waals surface area contributed by atoms with Gasteiger partial charge in [-0.25, -0.2) is 9.69 Å². The van der Waals surface area contributed by atoms with E-state index in [2.05, 4.69) is 5.32 Å². The summed E-state index contributed by atoms with van der Waals surface area (Å²) in [7, 11) is 0. The molecule has 1 aliphatic heterocycles. The first-order valence-electron chi connectivity index (χ1n) is 5.87. The molecule has 2 unspecified atom stereocenters. The molecule has 0 aromatic heterocycles. The van der Waals surface area contributed by atoms with Crippen molar-refractivity contribution in [3.05, 3.63) is 0 Å². The van der Waals surface area contributed by atoms with E-state index < -0.39 is 11.6 Å². The Morgan fingerprint density at radius 3 is 2.94 bits per heavy atom. The molecule has 1 saturated carbocycles. The molecule has 92 valence electrons. The molecule has 0 radical (unpaired) electrons. The molecule has 17 heavy (non-hydrogen) atoms. The largest absolute Gasteiger partial charge is 0.330 e. The number of imide groups is 1. The molecule has 6 heteroatoms. The van der Waals surface area contributed by atoms with Gasteiger partial charge in [-0.15, -0.1) is 0 Å². The summed E-state index contributed by atoms with van der Waals surface area (Å²) in [6.07, 6.45) is 3.41. The van der Waals surface area contributed by atoms with Gasteiger partial charge in [-0.05, 0) is 19.4 Å². The van der Waals surface area contributed by atoms with Crippen molar-refractivity contribution >= 4 is 11.9 Å². The molecule has 3 amide bonds. The highest BCUT2D eigenvalue weighted by atomic mass is 16.2. The SMILES string of the molecule is N#CCN1C(=O)NC2(CCCCC2CN)C1=O. The smallest absolute Gasteiger partial charge is 0.325 e. The van der Waals surface area contributed by atoms with Crippen molar-refractivity contribution in [3.8, 4) is 6.07 Å². The minimum absolute atomic E-state index is 0.0172. The van der Waals surface area contributed by atoms with Crippen LogP contribution >= 0.6 is 0 Å². The summed E-state index contributed by atoms with van der Waals surface area (Å²) < 4.78 is 0. The Hall–Kier alpha value is -1.61. The number of hydrogen-bond acceptors (Lipinski definition) is 4. The number of nitrogens with zero attached hydrogens (tertiary/aromatic N) is 2. The van der Waals surface area contributed by atoms with Crippen LogP contribution in [0, 0.1) is 17.2 Å². The number of urea groups is 1. The lowest BCUT2D eigenvalue weighted by molar-refractivity contribution is -0.134. The molecule has 1 spiro atoms. The zero-order valence-corrected chi connectivity index (χ0v) is 9.61. The summed E-state index contributed by atoms with van der Waals surface area (Å²) in [5.74, 6) is -0.296. The van der Waals surface area contributed by atoms with Crippen LogP contribution in [0.2, 0.25) is 0 Å². The second kappa shape index (κ2) is 4.34. The molecule has 2 rings (SSSR count). The third-order valence-corrected chi connectivity index (χ3v) is 3.79. The Labute approximate surface area is 99.7 Å². The topological polar surface area (TPSA) is 99.2 Å². The zero-order valence-electron chi connectivity index (χ0n) is 9.61. The maximum Gasteiger partial charge on any atom is 0.325 e. The van der Waals surface area contributed by atoms with Crippen molar-refractivity contribution in [2.75, 3.05) is 13.1 Å². The molecule has 3 N–H and O–H groups in total. The molecule has 1 saturated heterocycles. The molecule has 0 bridgehead atoms. The van der Waals surface area contributed by atoms with Crippen LogP contribution in [0.25, 0.3) is 0 Å². The number of carbonyl (C=O) groups excluding carboxylic acids is 2.